The van der Waals surface area contributed by atoms with Gasteiger partial charge >= 0.3 is 5.97 Å². The largest absolute Gasteiger partial charge is 0.489 e. The summed E-state index contributed by atoms with van der Waals surface area (Å²) < 4.78 is 11.1. The van der Waals surface area contributed by atoms with Gasteiger partial charge in [-0.1, -0.05) is 47.5 Å². The third-order valence-electron chi connectivity index (χ3n) is 4.19. The van der Waals surface area contributed by atoms with Crippen LogP contribution in [0, 0.1) is 0 Å². The lowest BCUT2D eigenvalue weighted by molar-refractivity contribution is -0.129. The van der Waals surface area contributed by atoms with Crippen molar-refractivity contribution in [1.29, 1.82) is 0 Å². The van der Waals surface area contributed by atoms with E-state index in [0.717, 1.165) is 11.1 Å². The molecule has 3 aromatic rings. The summed E-state index contributed by atoms with van der Waals surface area (Å²) >= 11 is 11.8. The molecule has 1 aliphatic heterocycles. The predicted octanol–water partition coefficient (Wildman–Crippen LogP) is 5.92. The van der Waals surface area contributed by atoms with E-state index in [9.17, 15) is 4.79 Å². The molecule has 0 aromatic heterocycles. The molecule has 4 nitrogen and oxygen atoms in total. The Hall–Kier alpha value is -3.08. The maximum Gasteiger partial charge on any atom is 0.363 e. The highest BCUT2D eigenvalue weighted by Gasteiger charge is 2.24. The van der Waals surface area contributed by atoms with Crippen LogP contribution in [0.25, 0.3) is 6.08 Å². The fourth-order valence-electron chi connectivity index (χ4n) is 2.72. The molecule has 0 fully saturated rings. The molecule has 1 aliphatic rings. The fourth-order valence-corrected chi connectivity index (χ4v) is 2.98. The standard InChI is InChI=1S/C23H15Cl2NO3/c24-18-8-4-15(5-9-18)14-28-20-3-1-2-16(12-20)13-21-23(27)29-22(26-21)17-6-10-19(25)11-7-17/h1-13H,14H2. The molecule has 29 heavy (non-hydrogen) atoms. The number of carbonyl (C=O) groups excluding carboxylic acids is 1. The number of benzene rings is 3. The molecule has 0 saturated heterocycles. The minimum absolute atomic E-state index is 0.227. The summed E-state index contributed by atoms with van der Waals surface area (Å²) in [5.41, 5.74) is 2.71. The van der Waals surface area contributed by atoms with E-state index in [1.54, 1.807) is 30.3 Å². The van der Waals surface area contributed by atoms with Crippen LogP contribution in [0.1, 0.15) is 16.7 Å². The Morgan fingerprint density at radius 3 is 2.34 bits per heavy atom. The average molecular weight is 424 g/mol. The number of hydrogen-bond donors (Lipinski definition) is 0. The van der Waals surface area contributed by atoms with Crippen LogP contribution in [0.3, 0.4) is 0 Å². The lowest BCUT2D eigenvalue weighted by Gasteiger charge is -2.07. The van der Waals surface area contributed by atoms with E-state index >= 15 is 0 Å². The Labute approximate surface area is 178 Å². The van der Waals surface area contributed by atoms with E-state index in [4.69, 9.17) is 32.7 Å². The van der Waals surface area contributed by atoms with Gasteiger partial charge in [0.25, 0.3) is 0 Å². The second kappa shape index (κ2) is 8.52. The summed E-state index contributed by atoms with van der Waals surface area (Å²) in [5.74, 6) is 0.443. The first-order valence-corrected chi connectivity index (χ1v) is 9.58. The summed E-state index contributed by atoms with van der Waals surface area (Å²) in [6.45, 7) is 0.415. The van der Waals surface area contributed by atoms with Crippen molar-refractivity contribution in [1.82, 2.24) is 0 Å². The van der Waals surface area contributed by atoms with E-state index in [-0.39, 0.29) is 11.6 Å². The van der Waals surface area contributed by atoms with Crippen LogP contribution in [-0.4, -0.2) is 11.9 Å². The molecular weight excluding hydrogens is 409 g/mol. The monoisotopic (exact) mass is 423 g/mol. The van der Waals surface area contributed by atoms with Crippen LogP contribution in [0.4, 0.5) is 0 Å². The molecule has 0 atom stereocenters. The van der Waals surface area contributed by atoms with Gasteiger partial charge < -0.3 is 9.47 Å². The smallest absolute Gasteiger partial charge is 0.363 e. The molecule has 0 saturated carbocycles. The van der Waals surface area contributed by atoms with Gasteiger partial charge in [0.2, 0.25) is 5.90 Å². The van der Waals surface area contributed by atoms with Gasteiger partial charge in [-0.3, -0.25) is 0 Å². The van der Waals surface area contributed by atoms with Crippen molar-refractivity contribution < 1.29 is 14.3 Å². The predicted molar refractivity (Wildman–Crippen MR) is 114 cm³/mol. The summed E-state index contributed by atoms with van der Waals surface area (Å²) in [5, 5.41) is 1.29. The van der Waals surface area contributed by atoms with Gasteiger partial charge in [-0.2, -0.15) is 0 Å². The lowest BCUT2D eigenvalue weighted by Crippen LogP contribution is -2.05. The van der Waals surface area contributed by atoms with E-state index in [1.165, 1.54) is 0 Å². The summed E-state index contributed by atoms with van der Waals surface area (Å²) in [7, 11) is 0. The molecule has 0 spiro atoms. The third-order valence-corrected chi connectivity index (χ3v) is 4.70. The minimum Gasteiger partial charge on any atom is -0.489 e. The van der Waals surface area contributed by atoms with Gasteiger partial charge in [0.15, 0.2) is 5.70 Å². The van der Waals surface area contributed by atoms with Crippen molar-refractivity contribution >= 4 is 41.1 Å². The van der Waals surface area contributed by atoms with Gasteiger partial charge in [0.05, 0.1) is 0 Å². The number of hydrogen-bond acceptors (Lipinski definition) is 4. The second-order valence-corrected chi connectivity index (χ2v) is 7.20. The number of aliphatic imine (C=N–C) groups is 1. The summed E-state index contributed by atoms with van der Waals surface area (Å²) in [6.07, 6.45) is 1.67. The Morgan fingerprint density at radius 1 is 0.931 bits per heavy atom. The van der Waals surface area contributed by atoms with Gasteiger partial charge in [0, 0.05) is 15.6 Å². The second-order valence-electron chi connectivity index (χ2n) is 6.33. The fraction of sp³-hybridized carbons (Fsp3) is 0.0435. The van der Waals surface area contributed by atoms with Crippen LogP contribution in [0.15, 0.2) is 83.5 Å². The van der Waals surface area contributed by atoms with Crippen molar-refractivity contribution in [3.63, 3.8) is 0 Å². The highest BCUT2D eigenvalue weighted by Crippen LogP contribution is 2.22. The molecular formula is C23H15Cl2NO3. The van der Waals surface area contributed by atoms with Gasteiger partial charge in [0.1, 0.15) is 12.4 Å². The molecule has 0 N–H and O–H groups in total. The highest BCUT2D eigenvalue weighted by atomic mass is 35.5. The van der Waals surface area contributed by atoms with Crippen LogP contribution in [-0.2, 0) is 16.1 Å². The third kappa shape index (κ3) is 4.86. The molecule has 144 valence electrons. The van der Waals surface area contributed by atoms with E-state index in [2.05, 4.69) is 4.99 Å². The Kier molecular flexibility index (Phi) is 5.65. The molecule has 0 unspecified atom stereocenters. The SMILES string of the molecule is O=C1OC(c2ccc(Cl)cc2)=NC1=Cc1cccc(OCc2ccc(Cl)cc2)c1. The first-order valence-electron chi connectivity index (χ1n) is 8.83. The normalized spacial score (nSPS) is 14.6. The summed E-state index contributed by atoms with van der Waals surface area (Å²) in [6, 6.07) is 21.8. The topological polar surface area (TPSA) is 47.9 Å². The average Bonchev–Trinajstić information content (AvgIpc) is 3.09. The molecule has 0 aliphatic carbocycles. The quantitative estimate of drug-likeness (QED) is 0.378. The van der Waals surface area contributed by atoms with Gasteiger partial charge in [-0.15, -0.1) is 0 Å². The maximum atomic E-state index is 12.2. The van der Waals surface area contributed by atoms with Gasteiger partial charge in [-0.05, 0) is 65.7 Å². The van der Waals surface area contributed by atoms with Crippen molar-refractivity contribution in [3.8, 4) is 5.75 Å². The van der Waals surface area contributed by atoms with E-state index in [1.807, 2.05) is 48.5 Å². The van der Waals surface area contributed by atoms with Crippen molar-refractivity contribution in [3.05, 3.63) is 105 Å². The number of ether oxygens (including phenoxy) is 2. The van der Waals surface area contributed by atoms with E-state index < -0.39 is 5.97 Å². The number of carbonyl (C=O) groups is 1. The Bertz CT molecular complexity index is 1100. The number of cyclic esters (lactones) is 1. The molecule has 6 heteroatoms. The van der Waals surface area contributed by atoms with Crippen LogP contribution >= 0.6 is 23.2 Å². The first kappa shape index (κ1) is 19.2. The van der Waals surface area contributed by atoms with Crippen molar-refractivity contribution in [2.45, 2.75) is 6.61 Å². The number of halogens is 2. The molecule has 4 rings (SSSR count). The first-order chi connectivity index (χ1) is 14.1. The zero-order chi connectivity index (χ0) is 20.2. The molecule has 1 heterocycles. The van der Waals surface area contributed by atoms with Gasteiger partial charge in [-0.25, -0.2) is 9.79 Å². The molecule has 3 aromatic carbocycles. The van der Waals surface area contributed by atoms with E-state index in [0.29, 0.717) is 28.0 Å². The number of nitrogens with zero attached hydrogens (tertiary/aromatic N) is 1. The maximum absolute atomic E-state index is 12.2. The van der Waals surface area contributed by atoms with Crippen LogP contribution < -0.4 is 4.74 Å². The summed E-state index contributed by atoms with van der Waals surface area (Å²) in [4.78, 5) is 16.5. The molecule has 0 bridgehead atoms. The van der Waals surface area contributed by atoms with Crippen molar-refractivity contribution in [2.75, 3.05) is 0 Å². The lowest BCUT2D eigenvalue weighted by atomic mass is 10.2. The molecule has 0 radical (unpaired) electrons. The number of rotatable bonds is 5. The highest BCUT2D eigenvalue weighted by molar-refractivity contribution is 6.31. The van der Waals surface area contributed by atoms with Crippen LogP contribution in [0.5, 0.6) is 5.75 Å². The van der Waals surface area contributed by atoms with Crippen molar-refractivity contribution in [2.24, 2.45) is 4.99 Å². The zero-order valence-corrected chi connectivity index (χ0v) is 16.7. The number of esters is 1. The minimum atomic E-state index is -0.498. The van der Waals surface area contributed by atoms with Crippen LogP contribution in [0.2, 0.25) is 10.0 Å². The molecule has 0 amide bonds. The zero-order valence-electron chi connectivity index (χ0n) is 15.1. The Balaban J connectivity index is 1.50. The Morgan fingerprint density at radius 2 is 1.62 bits per heavy atom.